The Labute approximate surface area is 140 Å². The van der Waals surface area contributed by atoms with Crippen LogP contribution in [0.1, 0.15) is 53.0 Å². The van der Waals surface area contributed by atoms with Crippen molar-refractivity contribution in [3.63, 3.8) is 0 Å². The first-order valence-corrected chi connectivity index (χ1v) is 8.38. The Morgan fingerprint density at radius 2 is 1.70 bits per heavy atom. The van der Waals surface area contributed by atoms with E-state index in [9.17, 15) is 4.79 Å². The summed E-state index contributed by atoms with van der Waals surface area (Å²) in [4.78, 5) is 11.5. The van der Waals surface area contributed by atoms with Gasteiger partial charge >= 0.3 is 7.12 Å². The van der Waals surface area contributed by atoms with Gasteiger partial charge in [0, 0.05) is 6.92 Å². The second-order valence-corrected chi connectivity index (χ2v) is 7.31. The molecule has 0 saturated carbocycles. The Kier molecular flexibility index (Phi) is 5.53. The van der Waals surface area contributed by atoms with Gasteiger partial charge in [-0.2, -0.15) is 0 Å². The van der Waals surface area contributed by atoms with Crippen LogP contribution in [0, 0.1) is 0 Å². The predicted molar refractivity (Wildman–Crippen MR) is 93.1 cm³/mol. The molecule has 0 aromatic heterocycles. The van der Waals surface area contributed by atoms with Crippen molar-refractivity contribution in [1.29, 1.82) is 0 Å². The molecule has 5 heteroatoms. The van der Waals surface area contributed by atoms with Crippen LogP contribution in [0.15, 0.2) is 30.3 Å². The number of amides is 1. The van der Waals surface area contributed by atoms with Crippen molar-refractivity contribution in [1.82, 2.24) is 5.32 Å². The lowest BCUT2D eigenvalue weighted by molar-refractivity contribution is -0.119. The van der Waals surface area contributed by atoms with Gasteiger partial charge in [-0.25, -0.2) is 0 Å². The summed E-state index contributed by atoms with van der Waals surface area (Å²) in [5, 5.41) is 2.99. The van der Waals surface area contributed by atoms with E-state index < -0.39 is 7.12 Å². The fourth-order valence-corrected chi connectivity index (χ4v) is 2.76. The van der Waals surface area contributed by atoms with E-state index in [-0.39, 0.29) is 23.1 Å². The molecule has 1 unspecified atom stereocenters. The van der Waals surface area contributed by atoms with Gasteiger partial charge in [0.15, 0.2) is 0 Å². The summed E-state index contributed by atoms with van der Waals surface area (Å²) in [5.41, 5.74) is 0.546. The molecule has 1 aliphatic rings. The Morgan fingerprint density at radius 1 is 1.13 bits per heavy atom. The molecule has 0 radical (unpaired) electrons. The van der Waals surface area contributed by atoms with Gasteiger partial charge in [-0.05, 0) is 52.5 Å². The first kappa shape index (κ1) is 18.0. The van der Waals surface area contributed by atoms with E-state index in [2.05, 4.69) is 29.6 Å². The number of aryl methyl sites for hydroxylation is 1. The normalized spacial score (nSPS) is 20.3. The van der Waals surface area contributed by atoms with Gasteiger partial charge in [-0.3, -0.25) is 4.79 Å². The van der Waals surface area contributed by atoms with E-state index >= 15 is 0 Å². The van der Waals surface area contributed by atoms with Gasteiger partial charge in [0.2, 0.25) is 5.91 Å². The monoisotopic (exact) mass is 317 g/mol. The number of hydrogen-bond donors (Lipinski definition) is 1. The molecule has 1 amide bonds. The van der Waals surface area contributed by atoms with Crippen molar-refractivity contribution in [3.05, 3.63) is 35.9 Å². The quantitative estimate of drug-likeness (QED) is 0.820. The SMILES string of the molecule is CC(=O)NC(CCCc1ccccc1)B1OC(C)(C)C(C)(C)O1. The summed E-state index contributed by atoms with van der Waals surface area (Å²) in [6, 6.07) is 10.4. The highest BCUT2D eigenvalue weighted by Gasteiger charge is 2.53. The molecule has 126 valence electrons. The molecule has 1 atom stereocenters. The third-order valence-electron chi connectivity index (χ3n) is 4.81. The first-order chi connectivity index (χ1) is 10.7. The summed E-state index contributed by atoms with van der Waals surface area (Å²) < 4.78 is 12.2. The molecule has 1 aliphatic heterocycles. The van der Waals surface area contributed by atoms with Gasteiger partial charge in [0.05, 0.1) is 17.1 Å². The maximum atomic E-state index is 11.5. The third-order valence-corrected chi connectivity index (χ3v) is 4.81. The smallest absolute Gasteiger partial charge is 0.402 e. The van der Waals surface area contributed by atoms with E-state index in [4.69, 9.17) is 9.31 Å². The molecule has 0 bridgehead atoms. The van der Waals surface area contributed by atoms with Crippen LogP contribution in [-0.4, -0.2) is 30.2 Å². The van der Waals surface area contributed by atoms with Crippen molar-refractivity contribution in [2.24, 2.45) is 0 Å². The maximum absolute atomic E-state index is 11.5. The zero-order chi connectivity index (χ0) is 17.1. The minimum absolute atomic E-state index is 0.0515. The maximum Gasteiger partial charge on any atom is 0.481 e. The number of carbonyl (C=O) groups excluding carboxylic acids is 1. The van der Waals surface area contributed by atoms with E-state index in [1.165, 1.54) is 12.5 Å². The van der Waals surface area contributed by atoms with E-state index in [0.717, 1.165) is 19.3 Å². The van der Waals surface area contributed by atoms with E-state index in [1.807, 2.05) is 33.8 Å². The lowest BCUT2D eigenvalue weighted by Crippen LogP contribution is -2.47. The molecule has 1 saturated heterocycles. The number of carbonyl (C=O) groups is 1. The second-order valence-electron chi connectivity index (χ2n) is 7.31. The van der Waals surface area contributed by atoms with Crippen LogP contribution in [0.4, 0.5) is 0 Å². The van der Waals surface area contributed by atoms with Crippen molar-refractivity contribution in [2.45, 2.75) is 71.0 Å². The Hall–Kier alpha value is -1.33. The molecule has 1 heterocycles. The summed E-state index contributed by atoms with van der Waals surface area (Å²) in [6.45, 7) is 9.66. The standard InChI is InChI=1S/C18H28BNO3/c1-14(21)20-16(13-9-12-15-10-7-6-8-11-15)19-22-17(2,3)18(4,5)23-19/h6-8,10-11,16H,9,12-13H2,1-5H3,(H,20,21). The highest BCUT2D eigenvalue weighted by atomic mass is 16.7. The van der Waals surface area contributed by atoms with Crippen molar-refractivity contribution in [2.75, 3.05) is 0 Å². The van der Waals surface area contributed by atoms with Crippen LogP contribution in [0.2, 0.25) is 0 Å². The van der Waals surface area contributed by atoms with Crippen LogP contribution in [0.3, 0.4) is 0 Å². The summed E-state index contributed by atoms with van der Waals surface area (Å²) in [5.74, 6) is -0.179. The molecule has 0 spiro atoms. The van der Waals surface area contributed by atoms with Gasteiger partial charge < -0.3 is 14.6 Å². The molecule has 1 aromatic rings. The zero-order valence-electron chi connectivity index (χ0n) is 14.9. The largest absolute Gasteiger partial charge is 0.481 e. The van der Waals surface area contributed by atoms with Gasteiger partial charge in [-0.1, -0.05) is 30.3 Å². The molecule has 2 rings (SSSR count). The van der Waals surface area contributed by atoms with Crippen LogP contribution in [-0.2, 0) is 20.5 Å². The molecule has 1 fully saturated rings. The summed E-state index contributed by atoms with van der Waals surface area (Å²) in [6.07, 6.45) is 2.78. The number of nitrogens with one attached hydrogen (secondary N) is 1. The highest BCUT2D eigenvalue weighted by Crippen LogP contribution is 2.38. The average Bonchev–Trinajstić information content (AvgIpc) is 2.67. The number of benzene rings is 1. The van der Waals surface area contributed by atoms with Crippen LogP contribution in [0.25, 0.3) is 0 Å². The lowest BCUT2D eigenvalue weighted by atomic mass is 9.75. The molecular formula is C18H28BNO3. The minimum atomic E-state index is -0.403. The molecule has 23 heavy (non-hydrogen) atoms. The van der Waals surface area contributed by atoms with Gasteiger partial charge in [0.25, 0.3) is 0 Å². The Bertz CT molecular complexity index is 514. The fourth-order valence-electron chi connectivity index (χ4n) is 2.76. The fraction of sp³-hybridized carbons (Fsp3) is 0.611. The third kappa shape index (κ3) is 4.58. The Balaban J connectivity index is 1.96. The molecule has 4 nitrogen and oxygen atoms in total. The minimum Gasteiger partial charge on any atom is -0.402 e. The van der Waals surface area contributed by atoms with Gasteiger partial charge in [-0.15, -0.1) is 0 Å². The first-order valence-electron chi connectivity index (χ1n) is 8.38. The van der Waals surface area contributed by atoms with Crippen LogP contribution >= 0.6 is 0 Å². The number of rotatable bonds is 6. The summed E-state index contributed by atoms with van der Waals surface area (Å²) >= 11 is 0. The topological polar surface area (TPSA) is 47.6 Å². The molecule has 1 N–H and O–H groups in total. The highest BCUT2D eigenvalue weighted by molar-refractivity contribution is 6.48. The van der Waals surface area contributed by atoms with Crippen LogP contribution < -0.4 is 5.32 Å². The molecular weight excluding hydrogens is 289 g/mol. The predicted octanol–water partition coefficient (Wildman–Crippen LogP) is 3.15. The van der Waals surface area contributed by atoms with E-state index in [0.29, 0.717) is 0 Å². The van der Waals surface area contributed by atoms with Gasteiger partial charge in [0.1, 0.15) is 0 Å². The average molecular weight is 317 g/mol. The molecule has 0 aliphatic carbocycles. The number of hydrogen-bond acceptors (Lipinski definition) is 3. The summed E-state index contributed by atoms with van der Waals surface area (Å²) in [7, 11) is -0.403. The zero-order valence-corrected chi connectivity index (χ0v) is 14.9. The molecule has 1 aromatic carbocycles. The Morgan fingerprint density at radius 3 is 2.22 bits per heavy atom. The lowest BCUT2D eigenvalue weighted by Gasteiger charge is -2.32. The second kappa shape index (κ2) is 7.06. The van der Waals surface area contributed by atoms with E-state index in [1.54, 1.807) is 0 Å². The van der Waals surface area contributed by atoms with Crippen molar-refractivity contribution >= 4 is 13.0 Å². The van der Waals surface area contributed by atoms with Crippen molar-refractivity contribution < 1.29 is 14.1 Å². The van der Waals surface area contributed by atoms with Crippen molar-refractivity contribution in [3.8, 4) is 0 Å². The van der Waals surface area contributed by atoms with Crippen LogP contribution in [0.5, 0.6) is 0 Å².